The van der Waals surface area contributed by atoms with Crippen molar-refractivity contribution in [3.63, 3.8) is 0 Å². The number of aromatic nitrogens is 1. The average molecular weight is 411 g/mol. The predicted octanol–water partition coefficient (Wildman–Crippen LogP) is 2.28. The Hall–Kier alpha value is -2.08. The van der Waals surface area contributed by atoms with Gasteiger partial charge in [0.05, 0.1) is 12.6 Å². The lowest BCUT2D eigenvalue weighted by Gasteiger charge is -2.41. The van der Waals surface area contributed by atoms with Gasteiger partial charge in [-0.3, -0.25) is 4.90 Å². The molecular weight excluding hydrogens is 391 g/mol. The van der Waals surface area contributed by atoms with Crippen molar-refractivity contribution < 1.29 is 37.7 Å². The molecule has 2 heterocycles. The molecule has 1 aliphatic heterocycles. The number of carbonyl (C=O) groups excluding carboxylic acids is 1. The van der Waals surface area contributed by atoms with Crippen molar-refractivity contribution >= 4 is 28.4 Å². The number of aliphatic hydroxyl groups excluding tert-OH is 1. The molecule has 0 radical (unpaired) electrons. The van der Waals surface area contributed by atoms with E-state index >= 15 is 0 Å². The van der Waals surface area contributed by atoms with Crippen LogP contribution in [0.4, 0.5) is 23.0 Å². The van der Waals surface area contributed by atoms with Crippen molar-refractivity contribution in [1.29, 1.82) is 0 Å². The zero-order chi connectivity index (χ0) is 20.6. The van der Waals surface area contributed by atoms with E-state index in [4.69, 9.17) is 4.74 Å². The largest absolute Gasteiger partial charge is 0.476 e. The maximum Gasteiger partial charge on any atom is 0.443 e. The second-order valence-electron chi connectivity index (χ2n) is 6.93. The molecule has 8 nitrogen and oxygen atoms in total. The Morgan fingerprint density at radius 1 is 1.30 bits per heavy atom. The Kier molecular flexibility index (Phi) is 5.90. The van der Waals surface area contributed by atoms with Crippen LogP contribution in [0.15, 0.2) is 0 Å². The number of rotatable bonds is 3. The molecule has 0 saturated carbocycles. The van der Waals surface area contributed by atoms with E-state index in [1.54, 1.807) is 20.8 Å². The molecule has 1 fully saturated rings. The number of aromatic carboxylic acids is 1. The normalized spacial score (nSPS) is 18.6. The van der Waals surface area contributed by atoms with Gasteiger partial charge >= 0.3 is 18.2 Å². The molecule has 2 N–H and O–H groups in total. The smallest absolute Gasteiger partial charge is 0.443 e. The van der Waals surface area contributed by atoms with Crippen LogP contribution in [0.3, 0.4) is 0 Å². The number of carboxylic acids is 1. The maximum atomic E-state index is 12.9. The second kappa shape index (κ2) is 7.50. The summed E-state index contributed by atoms with van der Waals surface area (Å²) in [5.41, 5.74) is -1.45. The first-order valence-electron chi connectivity index (χ1n) is 8.00. The number of piperazine rings is 1. The molecule has 1 aromatic heterocycles. The standard InChI is InChI=1S/C15H20F3N3O5S/c1-14(2,3)26-13(25)21-5-4-20(6-8(21)7-22)10-9(11(23)24)19-12(27-10)15(16,17)18/h8,22H,4-7H2,1-3H3,(H,23,24). The van der Waals surface area contributed by atoms with Crippen molar-refractivity contribution in [2.45, 2.75) is 38.6 Å². The monoisotopic (exact) mass is 411 g/mol. The summed E-state index contributed by atoms with van der Waals surface area (Å²) >= 11 is 0.226. The van der Waals surface area contributed by atoms with Crippen molar-refractivity contribution in [2.75, 3.05) is 31.1 Å². The average Bonchev–Trinajstić information content (AvgIpc) is 2.98. The van der Waals surface area contributed by atoms with E-state index in [0.717, 1.165) is 0 Å². The number of aliphatic hydroxyl groups is 1. The molecule has 0 aromatic carbocycles. The molecule has 0 spiro atoms. The number of hydrogen-bond donors (Lipinski definition) is 2. The van der Waals surface area contributed by atoms with E-state index < -0.39 is 47.2 Å². The number of amides is 1. The van der Waals surface area contributed by atoms with Gasteiger partial charge in [0, 0.05) is 19.6 Å². The van der Waals surface area contributed by atoms with Gasteiger partial charge in [0.25, 0.3) is 0 Å². The molecule has 0 aliphatic carbocycles. The number of halogens is 3. The van der Waals surface area contributed by atoms with Crippen LogP contribution in [0.25, 0.3) is 0 Å². The van der Waals surface area contributed by atoms with Crippen LogP contribution in [-0.2, 0) is 10.9 Å². The van der Waals surface area contributed by atoms with Gasteiger partial charge in [0.15, 0.2) is 5.69 Å². The molecule has 1 saturated heterocycles. The van der Waals surface area contributed by atoms with Gasteiger partial charge in [-0.15, -0.1) is 0 Å². The van der Waals surface area contributed by atoms with Gasteiger partial charge in [-0.25, -0.2) is 14.6 Å². The first-order chi connectivity index (χ1) is 12.3. The molecule has 152 valence electrons. The lowest BCUT2D eigenvalue weighted by Crippen LogP contribution is -2.57. The number of thiazole rings is 1. The summed E-state index contributed by atoms with van der Waals surface area (Å²) in [6, 6.07) is -0.758. The first kappa shape index (κ1) is 21.2. The third-order valence-corrected chi connectivity index (χ3v) is 4.82. The number of hydrogen-bond acceptors (Lipinski definition) is 7. The third kappa shape index (κ3) is 5.01. The van der Waals surface area contributed by atoms with Crippen LogP contribution in [0, 0.1) is 0 Å². The molecule has 27 heavy (non-hydrogen) atoms. The minimum Gasteiger partial charge on any atom is -0.476 e. The Labute approximate surface area is 157 Å². The maximum absolute atomic E-state index is 12.9. The van der Waals surface area contributed by atoms with Crippen LogP contribution in [-0.4, -0.2) is 70.0 Å². The molecule has 2 rings (SSSR count). The van der Waals surface area contributed by atoms with Gasteiger partial charge in [-0.1, -0.05) is 11.3 Å². The summed E-state index contributed by atoms with van der Waals surface area (Å²) in [7, 11) is 0. The molecule has 1 aliphatic rings. The van der Waals surface area contributed by atoms with Crippen molar-refractivity contribution in [1.82, 2.24) is 9.88 Å². The number of carbonyl (C=O) groups is 2. The highest BCUT2D eigenvalue weighted by Gasteiger charge is 2.40. The minimum atomic E-state index is -4.76. The second-order valence-corrected chi connectivity index (χ2v) is 7.91. The number of nitrogens with zero attached hydrogens (tertiary/aromatic N) is 3. The molecular formula is C15H20F3N3O5S. The zero-order valence-corrected chi connectivity index (χ0v) is 15.7. The summed E-state index contributed by atoms with van der Waals surface area (Å²) in [6.45, 7) is 4.69. The Morgan fingerprint density at radius 2 is 1.93 bits per heavy atom. The molecule has 0 bridgehead atoms. The fraction of sp³-hybridized carbons (Fsp3) is 0.667. The van der Waals surface area contributed by atoms with Gasteiger partial charge in [0.1, 0.15) is 10.6 Å². The summed E-state index contributed by atoms with van der Waals surface area (Å²) in [4.78, 5) is 29.4. The first-order valence-corrected chi connectivity index (χ1v) is 8.82. The Balaban J connectivity index is 2.25. The van der Waals surface area contributed by atoms with Gasteiger partial charge < -0.3 is 19.8 Å². The highest BCUT2D eigenvalue weighted by atomic mass is 32.1. The van der Waals surface area contributed by atoms with E-state index in [1.807, 2.05) is 0 Å². The minimum absolute atomic E-state index is 0.0461. The van der Waals surface area contributed by atoms with E-state index in [1.165, 1.54) is 9.80 Å². The highest BCUT2D eigenvalue weighted by Crippen LogP contribution is 2.39. The topological polar surface area (TPSA) is 103 Å². The summed E-state index contributed by atoms with van der Waals surface area (Å²) in [5.74, 6) is -1.58. The van der Waals surface area contributed by atoms with Crippen LogP contribution in [0.2, 0.25) is 0 Å². The molecule has 1 atom stereocenters. The van der Waals surface area contributed by atoms with Crippen molar-refractivity contribution in [2.24, 2.45) is 0 Å². The van der Waals surface area contributed by atoms with E-state index in [0.29, 0.717) is 0 Å². The molecule has 1 amide bonds. The number of carboxylic acid groups (broad SMARTS) is 1. The molecule has 1 unspecified atom stereocenters. The van der Waals surface area contributed by atoms with Gasteiger partial charge in [-0.2, -0.15) is 13.2 Å². The van der Waals surface area contributed by atoms with Crippen LogP contribution in [0.5, 0.6) is 0 Å². The summed E-state index contributed by atoms with van der Waals surface area (Å²) in [6.07, 6.45) is -5.41. The van der Waals surface area contributed by atoms with Crippen LogP contribution >= 0.6 is 11.3 Å². The van der Waals surface area contributed by atoms with Crippen molar-refractivity contribution in [3.8, 4) is 0 Å². The lowest BCUT2D eigenvalue weighted by atomic mass is 10.1. The molecule has 12 heteroatoms. The number of anilines is 1. The Bertz CT molecular complexity index is 717. The Morgan fingerprint density at radius 3 is 2.41 bits per heavy atom. The van der Waals surface area contributed by atoms with E-state index in [2.05, 4.69) is 4.98 Å². The van der Waals surface area contributed by atoms with E-state index in [-0.39, 0.29) is 36.0 Å². The third-order valence-electron chi connectivity index (χ3n) is 3.66. The van der Waals surface area contributed by atoms with Crippen LogP contribution < -0.4 is 4.90 Å². The number of ether oxygens (including phenoxy) is 1. The zero-order valence-electron chi connectivity index (χ0n) is 14.9. The van der Waals surface area contributed by atoms with Crippen LogP contribution in [0.1, 0.15) is 36.3 Å². The van der Waals surface area contributed by atoms with E-state index in [9.17, 15) is 33.0 Å². The summed E-state index contributed by atoms with van der Waals surface area (Å²) < 4.78 is 44.0. The summed E-state index contributed by atoms with van der Waals surface area (Å²) in [5, 5.41) is 17.4. The fourth-order valence-electron chi connectivity index (χ4n) is 2.54. The quantitative estimate of drug-likeness (QED) is 0.787. The fourth-order valence-corrected chi connectivity index (χ4v) is 3.50. The predicted molar refractivity (Wildman–Crippen MR) is 90.1 cm³/mol. The van der Waals surface area contributed by atoms with Gasteiger partial charge in [0.2, 0.25) is 5.01 Å². The lowest BCUT2D eigenvalue weighted by molar-refractivity contribution is -0.137. The molecule has 1 aromatic rings. The SMILES string of the molecule is CC(C)(C)OC(=O)N1CCN(c2sc(C(F)(F)F)nc2C(=O)O)CC1CO. The highest BCUT2D eigenvalue weighted by molar-refractivity contribution is 7.16. The van der Waals surface area contributed by atoms with Crippen molar-refractivity contribution in [3.05, 3.63) is 10.7 Å². The number of alkyl halides is 3. The van der Waals surface area contributed by atoms with Gasteiger partial charge in [-0.05, 0) is 20.8 Å².